The maximum atomic E-state index is 10.2. The Morgan fingerprint density at radius 2 is 2.05 bits per heavy atom. The fourth-order valence-electron chi connectivity index (χ4n) is 1.15. The van der Waals surface area contributed by atoms with Crippen LogP contribution in [-0.4, -0.2) is 47.4 Å². The second-order valence-corrected chi connectivity index (χ2v) is 4.96. The number of hydrogen-bond acceptors (Lipinski definition) is 5. The summed E-state index contributed by atoms with van der Waals surface area (Å²) in [6, 6.07) is 4.58. The van der Waals surface area contributed by atoms with Gasteiger partial charge in [0.1, 0.15) is 5.75 Å². The van der Waals surface area contributed by atoms with Crippen molar-refractivity contribution in [3.05, 3.63) is 28.2 Å². The predicted molar refractivity (Wildman–Crippen MR) is 83.5 cm³/mol. The van der Waals surface area contributed by atoms with E-state index in [9.17, 15) is 4.79 Å². The first-order valence-electron chi connectivity index (χ1n) is 6.60. The minimum atomic E-state index is -1.05. The fraction of sp³-hybridized carbons (Fsp3) is 0.500. The lowest BCUT2D eigenvalue weighted by Gasteiger charge is -2.06. The first kappa shape index (κ1) is 20.9. The number of benzene rings is 1. The molecule has 0 spiro atoms. The topological polar surface area (TPSA) is 96.2 Å². The van der Waals surface area contributed by atoms with Gasteiger partial charge >= 0.3 is 5.97 Å². The van der Waals surface area contributed by atoms with Crippen LogP contribution in [0.25, 0.3) is 0 Å². The SMILES string of the molecule is CCCCOC(O)CO.O=C(O)COc1ccc(Cl)cc1Cl. The molecule has 126 valence electrons. The number of aliphatic hydroxyl groups excluding tert-OH is 2. The van der Waals surface area contributed by atoms with E-state index in [1.807, 2.05) is 6.92 Å². The minimum Gasteiger partial charge on any atom is -0.480 e. The van der Waals surface area contributed by atoms with Crippen LogP contribution in [0.5, 0.6) is 5.75 Å². The van der Waals surface area contributed by atoms with Crippen molar-refractivity contribution >= 4 is 29.2 Å². The van der Waals surface area contributed by atoms with Gasteiger partial charge in [-0.2, -0.15) is 0 Å². The summed E-state index contributed by atoms with van der Waals surface area (Å²) < 4.78 is 9.60. The molecule has 22 heavy (non-hydrogen) atoms. The monoisotopic (exact) mass is 354 g/mol. The summed E-state index contributed by atoms with van der Waals surface area (Å²) in [5.41, 5.74) is 0. The van der Waals surface area contributed by atoms with Gasteiger partial charge in [0.25, 0.3) is 0 Å². The summed E-state index contributed by atoms with van der Waals surface area (Å²) in [4.78, 5) is 10.2. The van der Waals surface area contributed by atoms with Crippen molar-refractivity contribution in [2.24, 2.45) is 0 Å². The van der Waals surface area contributed by atoms with Crippen molar-refractivity contribution in [2.75, 3.05) is 19.8 Å². The number of rotatable bonds is 8. The first-order valence-corrected chi connectivity index (χ1v) is 7.36. The third-order valence-electron chi connectivity index (χ3n) is 2.21. The maximum absolute atomic E-state index is 10.2. The molecule has 0 saturated carbocycles. The van der Waals surface area contributed by atoms with E-state index in [1.165, 1.54) is 12.1 Å². The van der Waals surface area contributed by atoms with Crippen molar-refractivity contribution in [3.8, 4) is 5.75 Å². The Labute approximate surface area is 139 Å². The molecule has 0 aliphatic rings. The van der Waals surface area contributed by atoms with E-state index in [0.717, 1.165) is 12.8 Å². The molecular formula is C14H20Cl2O6. The molecule has 1 rings (SSSR count). The van der Waals surface area contributed by atoms with Crippen LogP contribution < -0.4 is 4.74 Å². The molecule has 6 nitrogen and oxygen atoms in total. The number of aliphatic carboxylic acids is 1. The molecule has 3 N–H and O–H groups in total. The molecule has 0 saturated heterocycles. The van der Waals surface area contributed by atoms with Crippen LogP contribution in [0.2, 0.25) is 10.0 Å². The molecule has 1 aromatic carbocycles. The largest absolute Gasteiger partial charge is 0.480 e. The van der Waals surface area contributed by atoms with Gasteiger partial charge in [0.15, 0.2) is 12.9 Å². The molecule has 0 bridgehead atoms. The third-order valence-corrected chi connectivity index (χ3v) is 2.74. The number of unbranched alkanes of at least 4 members (excludes halogenated alkanes) is 1. The third kappa shape index (κ3) is 10.6. The molecule has 0 aliphatic heterocycles. The minimum absolute atomic E-state index is 0.300. The Morgan fingerprint density at radius 1 is 1.36 bits per heavy atom. The van der Waals surface area contributed by atoms with Gasteiger partial charge < -0.3 is 24.8 Å². The van der Waals surface area contributed by atoms with Gasteiger partial charge in [-0.15, -0.1) is 0 Å². The van der Waals surface area contributed by atoms with E-state index in [0.29, 0.717) is 22.4 Å². The Morgan fingerprint density at radius 3 is 2.55 bits per heavy atom. The summed E-state index contributed by atoms with van der Waals surface area (Å²) in [7, 11) is 0. The molecule has 0 aliphatic carbocycles. The number of halogens is 2. The van der Waals surface area contributed by atoms with Gasteiger partial charge in [-0.05, 0) is 24.6 Å². The molecule has 0 aromatic heterocycles. The molecule has 0 heterocycles. The zero-order valence-corrected chi connectivity index (χ0v) is 13.7. The number of carboxylic acids is 1. The maximum Gasteiger partial charge on any atom is 0.341 e. The van der Waals surface area contributed by atoms with E-state index >= 15 is 0 Å². The zero-order valence-electron chi connectivity index (χ0n) is 12.2. The first-order chi connectivity index (χ1) is 10.4. The molecule has 1 aromatic rings. The number of hydrogen-bond donors (Lipinski definition) is 3. The number of carboxylic acid groups (broad SMARTS) is 1. The van der Waals surface area contributed by atoms with Crippen LogP contribution in [0, 0.1) is 0 Å². The predicted octanol–water partition coefficient (Wildman–Crippen LogP) is 2.57. The average molecular weight is 355 g/mol. The Bertz CT molecular complexity index is 441. The lowest BCUT2D eigenvalue weighted by Crippen LogP contribution is -2.16. The van der Waals surface area contributed by atoms with Crippen molar-refractivity contribution in [1.29, 1.82) is 0 Å². The molecule has 0 amide bonds. The van der Waals surface area contributed by atoms with Crippen molar-refractivity contribution in [2.45, 2.75) is 26.1 Å². The smallest absolute Gasteiger partial charge is 0.341 e. The highest BCUT2D eigenvalue weighted by Gasteiger charge is 2.04. The molecule has 1 unspecified atom stereocenters. The number of aliphatic hydroxyl groups is 2. The van der Waals surface area contributed by atoms with Crippen LogP contribution in [0.15, 0.2) is 18.2 Å². The van der Waals surface area contributed by atoms with E-state index in [4.69, 9.17) is 48.0 Å². The molecular weight excluding hydrogens is 335 g/mol. The second kappa shape index (κ2) is 12.5. The van der Waals surface area contributed by atoms with Gasteiger partial charge in [0.05, 0.1) is 11.6 Å². The van der Waals surface area contributed by atoms with E-state index in [-0.39, 0.29) is 6.61 Å². The summed E-state index contributed by atoms with van der Waals surface area (Å²) in [5.74, 6) is -0.737. The normalized spacial score (nSPS) is 11.3. The highest BCUT2D eigenvalue weighted by molar-refractivity contribution is 6.35. The quantitative estimate of drug-likeness (QED) is 0.490. The zero-order chi connectivity index (χ0) is 17.0. The lowest BCUT2D eigenvalue weighted by molar-refractivity contribution is -0.139. The van der Waals surface area contributed by atoms with E-state index in [1.54, 1.807) is 6.07 Å². The van der Waals surface area contributed by atoms with Gasteiger partial charge in [-0.3, -0.25) is 0 Å². The fourth-order valence-corrected chi connectivity index (χ4v) is 1.61. The number of carbonyl (C=O) groups is 1. The van der Waals surface area contributed by atoms with Crippen molar-refractivity contribution < 1.29 is 29.6 Å². The number of ether oxygens (including phenoxy) is 2. The molecule has 0 radical (unpaired) electrons. The van der Waals surface area contributed by atoms with Crippen LogP contribution in [0.4, 0.5) is 0 Å². The summed E-state index contributed by atoms with van der Waals surface area (Å²) in [6.07, 6.45) is 0.978. The van der Waals surface area contributed by atoms with Gasteiger partial charge in [0.2, 0.25) is 0 Å². The molecule has 0 fully saturated rings. The van der Waals surface area contributed by atoms with Gasteiger partial charge in [-0.1, -0.05) is 36.5 Å². The standard InChI is InChI=1S/C8H6Cl2O3.C6H14O3/c9-5-1-2-7(6(10)3-5)13-4-8(11)12;1-2-3-4-9-6(8)5-7/h1-3H,4H2,(H,11,12);6-8H,2-5H2,1H3. The molecule has 1 atom stereocenters. The van der Waals surface area contributed by atoms with Crippen LogP contribution >= 0.6 is 23.2 Å². The summed E-state index contributed by atoms with van der Waals surface area (Å²) in [5, 5.41) is 26.0. The Kier molecular flexibility index (Phi) is 11.9. The van der Waals surface area contributed by atoms with Crippen molar-refractivity contribution in [1.82, 2.24) is 0 Å². The van der Waals surface area contributed by atoms with E-state index in [2.05, 4.69) is 0 Å². The van der Waals surface area contributed by atoms with Crippen molar-refractivity contribution in [3.63, 3.8) is 0 Å². The molecule has 8 heteroatoms. The summed E-state index contributed by atoms with van der Waals surface area (Å²) >= 11 is 11.3. The second-order valence-electron chi connectivity index (χ2n) is 4.12. The van der Waals surface area contributed by atoms with Crippen LogP contribution in [0.1, 0.15) is 19.8 Å². The lowest BCUT2D eigenvalue weighted by atomic mass is 10.3. The van der Waals surface area contributed by atoms with E-state index < -0.39 is 18.9 Å². The Hall–Kier alpha value is -1.05. The van der Waals surface area contributed by atoms with Crippen LogP contribution in [0.3, 0.4) is 0 Å². The highest BCUT2D eigenvalue weighted by Crippen LogP contribution is 2.27. The summed E-state index contributed by atoms with van der Waals surface area (Å²) in [6.45, 7) is 1.83. The van der Waals surface area contributed by atoms with Crippen LogP contribution in [-0.2, 0) is 9.53 Å². The highest BCUT2D eigenvalue weighted by atomic mass is 35.5. The Balaban J connectivity index is 0.000000433. The average Bonchev–Trinajstić information content (AvgIpc) is 2.47. The van der Waals surface area contributed by atoms with Gasteiger partial charge in [0, 0.05) is 11.6 Å². The van der Waals surface area contributed by atoms with Gasteiger partial charge in [-0.25, -0.2) is 4.79 Å².